The van der Waals surface area contributed by atoms with Gasteiger partial charge < -0.3 is 14.6 Å². The lowest BCUT2D eigenvalue weighted by molar-refractivity contribution is -0.490. The first-order valence-corrected chi connectivity index (χ1v) is 5.04. The van der Waals surface area contributed by atoms with Gasteiger partial charge in [0.05, 0.1) is 18.1 Å². The predicted octanol–water partition coefficient (Wildman–Crippen LogP) is 0.164. The van der Waals surface area contributed by atoms with E-state index in [1.807, 2.05) is 0 Å². The van der Waals surface area contributed by atoms with E-state index in [2.05, 4.69) is 0 Å². The first kappa shape index (κ1) is 10.8. The fourth-order valence-electron chi connectivity index (χ4n) is 2.43. The molecule has 0 unspecified atom stereocenters. The molecule has 0 aromatic carbocycles. The van der Waals surface area contributed by atoms with Crippen LogP contribution in [-0.2, 0) is 9.47 Å². The van der Waals surface area contributed by atoms with Crippen molar-refractivity contribution >= 4 is 0 Å². The van der Waals surface area contributed by atoms with Gasteiger partial charge in [0, 0.05) is 4.92 Å². The fraction of sp³-hybridized carbons (Fsp3) is 1.00. The molecule has 0 amide bonds. The summed E-state index contributed by atoms with van der Waals surface area (Å²) in [7, 11) is 0. The highest BCUT2D eigenvalue weighted by Crippen LogP contribution is 2.41. The third kappa shape index (κ3) is 1.97. The summed E-state index contributed by atoms with van der Waals surface area (Å²) in [6, 6.07) is 0. The number of nitro groups is 1. The van der Waals surface area contributed by atoms with Crippen molar-refractivity contribution in [2.24, 2.45) is 5.92 Å². The Balaban J connectivity index is 2.09. The van der Waals surface area contributed by atoms with Crippen LogP contribution in [0.2, 0.25) is 0 Å². The lowest BCUT2D eigenvalue weighted by Gasteiger charge is -2.20. The highest BCUT2D eigenvalue weighted by molar-refractivity contribution is 4.98. The van der Waals surface area contributed by atoms with E-state index < -0.39 is 18.0 Å². The van der Waals surface area contributed by atoms with Crippen molar-refractivity contribution in [3.05, 3.63) is 10.1 Å². The normalized spacial score (nSPS) is 42.9. The van der Waals surface area contributed by atoms with E-state index in [-0.39, 0.29) is 23.5 Å². The van der Waals surface area contributed by atoms with Crippen LogP contribution in [0.3, 0.4) is 0 Å². The van der Waals surface area contributed by atoms with E-state index >= 15 is 0 Å². The minimum absolute atomic E-state index is 0.169. The molecular weight excluding hydrogens is 202 g/mol. The van der Waals surface area contributed by atoms with Crippen molar-refractivity contribution in [2.75, 3.05) is 6.54 Å². The topological polar surface area (TPSA) is 81.8 Å². The van der Waals surface area contributed by atoms with Gasteiger partial charge >= 0.3 is 0 Å². The van der Waals surface area contributed by atoms with Crippen molar-refractivity contribution in [1.29, 1.82) is 0 Å². The van der Waals surface area contributed by atoms with E-state index in [0.717, 1.165) is 0 Å². The highest BCUT2D eigenvalue weighted by Gasteiger charge is 2.54. The molecule has 0 radical (unpaired) electrons. The second kappa shape index (κ2) is 3.40. The number of fused-ring (bicyclic) bond motifs is 1. The van der Waals surface area contributed by atoms with Crippen molar-refractivity contribution < 1.29 is 19.5 Å². The molecular formula is C9H15NO5. The molecule has 15 heavy (non-hydrogen) atoms. The second-order valence-corrected chi connectivity index (χ2v) is 4.64. The molecule has 2 rings (SSSR count). The van der Waals surface area contributed by atoms with Crippen LogP contribution in [0.25, 0.3) is 0 Å². The van der Waals surface area contributed by atoms with Gasteiger partial charge in [-0.15, -0.1) is 0 Å². The standard InChI is InChI=1S/C9H15NO5/c1-9(2)14-7-5(4-10(12)13)3-6(11)8(7)15-9/h5-8,11H,3-4H2,1-2H3/t5-,6+,7-,8+/m1/s1. The fourth-order valence-corrected chi connectivity index (χ4v) is 2.43. The maximum atomic E-state index is 10.4. The molecule has 0 spiro atoms. The maximum Gasteiger partial charge on any atom is 0.209 e. The van der Waals surface area contributed by atoms with Crippen molar-refractivity contribution in [1.82, 2.24) is 0 Å². The van der Waals surface area contributed by atoms with Gasteiger partial charge in [0.2, 0.25) is 6.54 Å². The van der Waals surface area contributed by atoms with E-state index in [1.165, 1.54) is 0 Å². The zero-order valence-electron chi connectivity index (χ0n) is 8.75. The Kier molecular flexibility index (Phi) is 2.44. The lowest BCUT2D eigenvalue weighted by atomic mass is 10.1. The molecule has 2 fully saturated rings. The van der Waals surface area contributed by atoms with Gasteiger partial charge in [0.15, 0.2) is 5.79 Å². The van der Waals surface area contributed by atoms with Gasteiger partial charge in [-0.05, 0) is 20.3 Å². The number of rotatable bonds is 2. The Hall–Kier alpha value is -0.720. The molecule has 1 saturated carbocycles. The number of nitrogens with zero attached hydrogens (tertiary/aromatic N) is 1. The van der Waals surface area contributed by atoms with Crippen LogP contribution >= 0.6 is 0 Å². The van der Waals surface area contributed by atoms with E-state index in [4.69, 9.17) is 9.47 Å². The molecule has 1 saturated heterocycles. The molecule has 86 valence electrons. The summed E-state index contributed by atoms with van der Waals surface area (Å²) in [6.07, 6.45) is -1.03. The van der Waals surface area contributed by atoms with E-state index in [0.29, 0.717) is 6.42 Å². The molecule has 1 aliphatic heterocycles. The number of hydrogen-bond donors (Lipinski definition) is 1. The van der Waals surface area contributed by atoms with E-state index in [9.17, 15) is 15.2 Å². The Morgan fingerprint density at radius 1 is 1.47 bits per heavy atom. The first-order valence-electron chi connectivity index (χ1n) is 5.04. The summed E-state index contributed by atoms with van der Waals surface area (Å²) < 4.78 is 11.1. The third-order valence-electron chi connectivity index (χ3n) is 2.94. The summed E-state index contributed by atoms with van der Waals surface area (Å²) >= 11 is 0. The van der Waals surface area contributed by atoms with Gasteiger partial charge in [-0.1, -0.05) is 0 Å². The average Bonchev–Trinajstić information content (AvgIpc) is 2.49. The van der Waals surface area contributed by atoms with Crippen molar-refractivity contribution in [3.63, 3.8) is 0 Å². The molecule has 0 aromatic heterocycles. The largest absolute Gasteiger partial charge is 0.390 e. The second-order valence-electron chi connectivity index (χ2n) is 4.64. The Morgan fingerprint density at radius 2 is 2.07 bits per heavy atom. The van der Waals surface area contributed by atoms with Crippen LogP contribution in [0.1, 0.15) is 20.3 Å². The highest BCUT2D eigenvalue weighted by atomic mass is 16.8. The van der Waals surface area contributed by atoms with Gasteiger partial charge in [0.1, 0.15) is 6.10 Å². The van der Waals surface area contributed by atoms with Gasteiger partial charge in [0.25, 0.3) is 0 Å². The molecule has 0 bridgehead atoms. The predicted molar refractivity (Wildman–Crippen MR) is 49.8 cm³/mol. The van der Waals surface area contributed by atoms with Crippen LogP contribution in [0.4, 0.5) is 0 Å². The number of ether oxygens (including phenoxy) is 2. The maximum absolute atomic E-state index is 10.4. The van der Waals surface area contributed by atoms with Crippen molar-refractivity contribution in [3.8, 4) is 0 Å². The molecule has 6 heteroatoms. The minimum Gasteiger partial charge on any atom is -0.390 e. The van der Waals surface area contributed by atoms with Crippen LogP contribution < -0.4 is 0 Å². The van der Waals surface area contributed by atoms with E-state index in [1.54, 1.807) is 13.8 Å². The molecule has 2 aliphatic rings. The number of aliphatic hydroxyl groups is 1. The Bertz CT molecular complexity index is 280. The molecule has 6 nitrogen and oxygen atoms in total. The Labute approximate surface area is 87.3 Å². The zero-order chi connectivity index (χ0) is 11.2. The third-order valence-corrected chi connectivity index (χ3v) is 2.94. The van der Waals surface area contributed by atoms with Gasteiger partial charge in [-0.3, -0.25) is 10.1 Å². The van der Waals surface area contributed by atoms with Crippen LogP contribution in [0.15, 0.2) is 0 Å². The zero-order valence-corrected chi connectivity index (χ0v) is 8.75. The lowest BCUT2D eigenvalue weighted by Crippen LogP contribution is -2.29. The minimum atomic E-state index is -0.744. The Morgan fingerprint density at radius 3 is 2.67 bits per heavy atom. The SMILES string of the molecule is CC1(C)O[C@@H]2[C@@H](C[N+](=O)[O-])C[C@H](O)[C@@H]2O1. The summed E-state index contributed by atoms with van der Waals surface area (Å²) in [5, 5.41) is 20.1. The smallest absolute Gasteiger partial charge is 0.209 e. The summed E-state index contributed by atoms with van der Waals surface area (Å²) in [5.41, 5.74) is 0. The molecule has 1 aliphatic carbocycles. The van der Waals surface area contributed by atoms with Crippen LogP contribution in [0, 0.1) is 16.0 Å². The van der Waals surface area contributed by atoms with Gasteiger partial charge in [-0.2, -0.15) is 0 Å². The monoisotopic (exact) mass is 217 g/mol. The molecule has 1 N–H and O–H groups in total. The summed E-state index contributed by atoms with van der Waals surface area (Å²) in [4.78, 5) is 10.1. The number of hydrogen-bond acceptors (Lipinski definition) is 5. The van der Waals surface area contributed by atoms with Crippen molar-refractivity contribution in [2.45, 2.75) is 44.4 Å². The summed E-state index contributed by atoms with van der Waals surface area (Å²) in [5.74, 6) is -0.993. The first-order chi connectivity index (χ1) is 6.89. The van der Waals surface area contributed by atoms with Crippen LogP contribution in [0.5, 0.6) is 0 Å². The average molecular weight is 217 g/mol. The van der Waals surface area contributed by atoms with Crippen LogP contribution in [-0.4, -0.2) is 40.7 Å². The van der Waals surface area contributed by atoms with Gasteiger partial charge in [-0.25, -0.2) is 0 Å². The molecule has 1 heterocycles. The number of aliphatic hydroxyl groups excluding tert-OH is 1. The quantitative estimate of drug-likeness (QED) is 0.526. The molecule has 4 atom stereocenters. The molecule has 0 aromatic rings. The summed E-state index contributed by atoms with van der Waals surface area (Å²) in [6.45, 7) is 3.33.